The van der Waals surface area contributed by atoms with Crippen LogP contribution in [0.5, 0.6) is 5.75 Å². The number of halogens is 1. The zero-order chi connectivity index (χ0) is 19.4. The molecule has 1 unspecified atom stereocenters. The van der Waals surface area contributed by atoms with Gasteiger partial charge in [-0.2, -0.15) is 0 Å². The molecule has 140 valence electrons. The Labute approximate surface area is 171 Å². The van der Waals surface area contributed by atoms with Crippen LogP contribution in [-0.4, -0.2) is 18.2 Å². The number of methoxy groups -OCH3 is 1. The Kier molecular flexibility index (Phi) is 6.13. The summed E-state index contributed by atoms with van der Waals surface area (Å²) >= 11 is 8.79. The smallest absolute Gasteiger partial charge is 0.337 e. The minimum atomic E-state index is -0.477. The Bertz CT molecular complexity index is 899. The predicted octanol–water partition coefficient (Wildman–Crippen LogP) is 3.99. The Hall–Kier alpha value is -2.38. The molecule has 1 aliphatic heterocycles. The van der Waals surface area contributed by atoms with Crippen molar-refractivity contribution < 1.29 is 14.3 Å². The molecule has 0 saturated heterocycles. The molecular formula is C20H19BrN2O3S. The van der Waals surface area contributed by atoms with Gasteiger partial charge < -0.3 is 20.1 Å². The van der Waals surface area contributed by atoms with E-state index in [0.29, 0.717) is 28.7 Å². The number of hydrogen-bond acceptors (Lipinski definition) is 4. The van der Waals surface area contributed by atoms with E-state index in [1.807, 2.05) is 48.5 Å². The van der Waals surface area contributed by atoms with Gasteiger partial charge in [-0.1, -0.05) is 46.3 Å². The second-order valence-electron chi connectivity index (χ2n) is 6.02. The van der Waals surface area contributed by atoms with Gasteiger partial charge in [-0.25, -0.2) is 4.79 Å². The van der Waals surface area contributed by atoms with Crippen LogP contribution in [-0.2, 0) is 16.1 Å². The van der Waals surface area contributed by atoms with Crippen molar-refractivity contribution in [2.24, 2.45) is 0 Å². The number of rotatable bonds is 5. The third-order valence-corrected chi connectivity index (χ3v) is 4.91. The minimum Gasteiger partial charge on any atom is -0.489 e. The van der Waals surface area contributed by atoms with Gasteiger partial charge in [0.1, 0.15) is 12.4 Å². The summed E-state index contributed by atoms with van der Waals surface area (Å²) in [6.45, 7) is 2.22. The van der Waals surface area contributed by atoms with Crippen molar-refractivity contribution in [2.75, 3.05) is 7.11 Å². The Morgan fingerprint density at radius 3 is 2.67 bits per heavy atom. The first-order valence-corrected chi connectivity index (χ1v) is 9.52. The average Bonchev–Trinajstić information content (AvgIpc) is 2.66. The number of benzene rings is 2. The molecule has 0 bridgehead atoms. The lowest BCUT2D eigenvalue weighted by molar-refractivity contribution is -0.136. The van der Waals surface area contributed by atoms with Gasteiger partial charge in [0.05, 0.1) is 18.7 Å². The Morgan fingerprint density at radius 2 is 1.96 bits per heavy atom. The fourth-order valence-electron chi connectivity index (χ4n) is 2.92. The van der Waals surface area contributed by atoms with Crippen LogP contribution in [0.25, 0.3) is 0 Å². The van der Waals surface area contributed by atoms with Crippen LogP contribution < -0.4 is 15.4 Å². The fourth-order valence-corrected chi connectivity index (χ4v) is 3.57. The number of allylic oxidation sites excluding steroid dienone is 1. The van der Waals surface area contributed by atoms with Gasteiger partial charge in [-0.15, -0.1) is 0 Å². The van der Waals surface area contributed by atoms with E-state index in [-0.39, 0.29) is 0 Å². The Balaban J connectivity index is 1.98. The second kappa shape index (κ2) is 8.54. The van der Waals surface area contributed by atoms with E-state index in [0.717, 1.165) is 15.6 Å². The van der Waals surface area contributed by atoms with Crippen molar-refractivity contribution in [1.29, 1.82) is 0 Å². The summed E-state index contributed by atoms with van der Waals surface area (Å²) in [4.78, 5) is 12.4. The third-order valence-electron chi connectivity index (χ3n) is 4.19. The third kappa shape index (κ3) is 4.48. The van der Waals surface area contributed by atoms with E-state index in [9.17, 15) is 4.79 Å². The molecule has 7 heteroatoms. The molecule has 0 amide bonds. The quantitative estimate of drug-likeness (QED) is 0.534. The number of hydrogen-bond donors (Lipinski definition) is 2. The summed E-state index contributed by atoms with van der Waals surface area (Å²) in [6.07, 6.45) is 0. The highest BCUT2D eigenvalue weighted by Crippen LogP contribution is 2.35. The first kappa shape index (κ1) is 19.4. The first-order valence-electron chi connectivity index (χ1n) is 8.32. The molecule has 1 aliphatic rings. The summed E-state index contributed by atoms with van der Waals surface area (Å²) in [5.41, 5.74) is 2.97. The van der Waals surface area contributed by atoms with Crippen LogP contribution in [0.1, 0.15) is 24.1 Å². The number of ether oxygens (including phenoxy) is 2. The predicted molar refractivity (Wildman–Crippen MR) is 111 cm³/mol. The minimum absolute atomic E-state index is 0.418. The van der Waals surface area contributed by atoms with Crippen molar-refractivity contribution in [3.63, 3.8) is 0 Å². The molecule has 0 saturated carbocycles. The van der Waals surface area contributed by atoms with Crippen molar-refractivity contribution in [3.05, 3.63) is 75.4 Å². The zero-order valence-corrected chi connectivity index (χ0v) is 17.3. The first-order chi connectivity index (χ1) is 13.0. The van der Waals surface area contributed by atoms with E-state index in [4.69, 9.17) is 21.7 Å². The largest absolute Gasteiger partial charge is 0.489 e. The molecule has 1 atom stereocenters. The van der Waals surface area contributed by atoms with Gasteiger partial charge in [0.25, 0.3) is 0 Å². The van der Waals surface area contributed by atoms with Crippen LogP contribution in [0.2, 0.25) is 0 Å². The van der Waals surface area contributed by atoms with Crippen LogP contribution in [0.3, 0.4) is 0 Å². The van der Waals surface area contributed by atoms with Crippen LogP contribution in [0, 0.1) is 0 Å². The number of carbonyl (C=O) groups is 1. The molecule has 0 radical (unpaired) electrons. The van der Waals surface area contributed by atoms with E-state index in [1.165, 1.54) is 7.11 Å². The highest BCUT2D eigenvalue weighted by molar-refractivity contribution is 9.10. The monoisotopic (exact) mass is 446 g/mol. The molecule has 0 aliphatic carbocycles. The van der Waals surface area contributed by atoms with Gasteiger partial charge in [-0.05, 0) is 42.9 Å². The molecule has 2 aromatic rings. The maximum atomic E-state index is 12.4. The summed E-state index contributed by atoms with van der Waals surface area (Å²) in [7, 11) is 1.36. The molecule has 2 aromatic carbocycles. The normalized spacial score (nSPS) is 16.4. The number of esters is 1. The van der Waals surface area contributed by atoms with Gasteiger partial charge in [-0.3, -0.25) is 0 Å². The lowest BCUT2D eigenvalue weighted by Gasteiger charge is -2.30. The second-order valence-corrected chi connectivity index (χ2v) is 7.34. The lowest BCUT2D eigenvalue weighted by Crippen LogP contribution is -2.45. The molecule has 27 heavy (non-hydrogen) atoms. The maximum Gasteiger partial charge on any atom is 0.337 e. The Morgan fingerprint density at radius 1 is 1.22 bits per heavy atom. The summed E-state index contributed by atoms with van der Waals surface area (Å²) in [6, 6.07) is 15.1. The van der Waals surface area contributed by atoms with E-state index in [2.05, 4.69) is 26.6 Å². The van der Waals surface area contributed by atoms with Crippen LogP contribution in [0.15, 0.2) is 64.3 Å². The lowest BCUT2D eigenvalue weighted by atomic mass is 9.95. The van der Waals surface area contributed by atoms with Crippen molar-refractivity contribution in [1.82, 2.24) is 10.6 Å². The molecule has 2 N–H and O–H groups in total. The zero-order valence-electron chi connectivity index (χ0n) is 14.9. The van der Waals surface area contributed by atoms with Gasteiger partial charge in [0.2, 0.25) is 0 Å². The highest BCUT2D eigenvalue weighted by atomic mass is 79.9. The maximum absolute atomic E-state index is 12.4. The van der Waals surface area contributed by atoms with E-state index in [1.54, 1.807) is 6.92 Å². The van der Waals surface area contributed by atoms with Gasteiger partial charge in [0, 0.05) is 15.7 Å². The van der Waals surface area contributed by atoms with E-state index >= 15 is 0 Å². The van der Waals surface area contributed by atoms with Crippen molar-refractivity contribution in [3.8, 4) is 5.75 Å². The van der Waals surface area contributed by atoms with Crippen molar-refractivity contribution >= 4 is 39.2 Å². The number of nitrogens with one attached hydrogen (secondary N) is 2. The summed E-state index contributed by atoms with van der Waals surface area (Å²) < 4.78 is 11.9. The van der Waals surface area contributed by atoms with Gasteiger partial charge in [0.15, 0.2) is 5.11 Å². The topological polar surface area (TPSA) is 59.6 Å². The number of thiocarbonyl (C=S) groups is 1. The molecular weight excluding hydrogens is 428 g/mol. The average molecular weight is 447 g/mol. The van der Waals surface area contributed by atoms with Crippen LogP contribution in [0.4, 0.5) is 0 Å². The molecule has 0 fully saturated rings. The van der Waals surface area contributed by atoms with Crippen LogP contribution >= 0.6 is 28.1 Å². The molecule has 0 spiro atoms. The standard InChI is InChI=1S/C20H19BrN2O3S/c1-12-17(19(24)25-2)18(23-20(27)22-12)15-10-14(21)8-9-16(15)26-11-13-6-4-3-5-7-13/h3-10,18H,11H2,1-2H3,(H2,22,23,27). The molecule has 5 nitrogen and oxygen atoms in total. The highest BCUT2D eigenvalue weighted by Gasteiger charge is 2.32. The molecule has 3 rings (SSSR count). The number of carbonyl (C=O) groups excluding carboxylic acids is 1. The SMILES string of the molecule is COC(=O)C1=C(C)NC(=S)NC1c1cc(Br)ccc1OCc1ccccc1. The van der Waals surface area contributed by atoms with Crippen molar-refractivity contribution in [2.45, 2.75) is 19.6 Å². The van der Waals surface area contributed by atoms with Gasteiger partial charge >= 0.3 is 5.97 Å². The summed E-state index contributed by atoms with van der Waals surface area (Å²) in [5.74, 6) is 0.243. The molecule has 1 heterocycles. The fraction of sp³-hybridized carbons (Fsp3) is 0.200. The summed E-state index contributed by atoms with van der Waals surface area (Å²) in [5, 5.41) is 6.58. The molecule has 0 aromatic heterocycles. The van der Waals surface area contributed by atoms with E-state index < -0.39 is 12.0 Å².